The molecule has 3 amide bonds. The fourth-order valence-electron chi connectivity index (χ4n) is 3.17. The summed E-state index contributed by atoms with van der Waals surface area (Å²) >= 11 is 0. The monoisotopic (exact) mass is 346 g/mol. The number of nitrogens with one attached hydrogen (secondary N) is 2. The molecule has 1 aromatic carbocycles. The van der Waals surface area contributed by atoms with Crippen LogP contribution >= 0.6 is 0 Å². The number of benzene rings is 1. The summed E-state index contributed by atoms with van der Waals surface area (Å²) in [7, 11) is 0. The number of para-hydroxylation sites is 1. The van der Waals surface area contributed by atoms with Gasteiger partial charge in [-0.25, -0.2) is 4.79 Å². The number of rotatable bonds is 5. The van der Waals surface area contributed by atoms with Crippen LogP contribution in [-0.4, -0.2) is 68.8 Å². The largest absolute Gasteiger partial charge is 0.376 e. The summed E-state index contributed by atoms with van der Waals surface area (Å²) in [6.45, 7) is 4.18. The SMILES string of the molecule is O=C(CNC(=O)N1CCN(c2ccccc2)CC1)NC[C@@H]1CCCO1. The van der Waals surface area contributed by atoms with Crippen molar-refractivity contribution in [2.45, 2.75) is 18.9 Å². The normalized spacial score (nSPS) is 20.4. The number of urea groups is 1. The molecule has 25 heavy (non-hydrogen) atoms. The minimum Gasteiger partial charge on any atom is -0.376 e. The molecule has 2 aliphatic heterocycles. The molecule has 0 unspecified atom stereocenters. The van der Waals surface area contributed by atoms with Crippen molar-refractivity contribution in [2.24, 2.45) is 0 Å². The fraction of sp³-hybridized carbons (Fsp3) is 0.556. The van der Waals surface area contributed by atoms with Gasteiger partial charge in [-0.05, 0) is 25.0 Å². The van der Waals surface area contributed by atoms with Crippen LogP contribution < -0.4 is 15.5 Å². The Morgan fingerprint density at radius 2 is 1.84 bits per heavy atom. The molecule has 2 aliphatic rings. The van der Waals surface area contributed by atoms with E-state index in [9.17, 15) is 9.59 Å². The van der Waals surface area contributed by atoms with Crippen LogP contribution in [0, 0.1) is 0 Å². The van der Waals surface area contributed by atoms with E-state index < -0.39 is 0 Å². The molecule has 136 valence electrons. The van der Waals surface area contributed by atoms with Crippen LogP contribution in [-0.2, 0) is 9.53 Å². The van der Waals surface area contributed by atoms with E-state index in [0.717, 1.165) is 32.5 Å². The molecule has 2 saturated heterocycles. The third-order valence-electron chi connectivity index (χ3n) is 4.64. The van der Waals surface area contributed by atoms with Crippen LogP contribution in [0.3, 0.4) is 0 Å². The number of nitrogens with zero attached hydrogens (tertiary/aromatic N) is 2. The van der Waals surface area contributed by atoms with Gasteiger partial charge in [0.15, 0.2) is 0 Å². The van der Waals surface area contributed by atoms with Crippen molar-refractivity contribution in [3.63, 3.8) is 0 Å². The van der Waals surface area contributed by atoms with Crippen molar-refractivity contribution in [2.75, 3.05) is 50.8 Å². The lowest BCUT2D eigenvalue weighted by molar-refractivity contribution is -0.120. The van der Waals surface area contributed by atoms with E-state index in [1.54, 1.807) is 4.90 Å². The maximum absolute atomic E-state index is 12.2. The van der Waals surface area contributed by atoms with Gasteiger partial charge in [0.1, 0.15) is 0 Å². The second-order valence-corrected chi connectivity index (χ2v) is 6.41. The summed E-state index contributed by atoms with van der Waals surface area (Å²) in [6.07, 6.45) is 2.15. The van der Waals surface area contributed by atoms with Crippen LogP contribution in [0.2, 0.25) is 0 Å². The number of hydrogen-bond acceptors (Lipinski definition) is 4. The average molecular weight is 346 g/mol. The van der Waals surface area contributed by atoms with Gasteiger partial charge in [0.25, 0.3) is 0 Å². The molecule has 3 rings (SSSR count). The van der Waals surface area contributed by atoms with Gasteiger partial charge in [-0.15, -0.1) is 0 Å². The Kier molecular flexibility index (Phi) is 6.11. The zero-order valence-corrected chi connectivity index (χ0v) is 14.4. The third kappa shape index (κ3) is 5.09. The van der Waals surface area contributed by atoms with E-state index in [1.807, 2.05) is 18.2 Å². The number of carbonyl (C=O) groups excluding carboxylic acids is 2. The van der Waals surface area contributed by atoms with E-state index in [1.165, 1.54) is 5.69 Å². The Labute approximate surface area is 148 Å². The Morgan fingerprint density at radius 1 is 1.08 bits per heavy atom. The fourth-order valence-corrected chi connectivity index (χ4v) is 3.17. The number of piperazine rings is 1. The van der Waals surface area contributed by atoms with Crippen LogP contribution in [0.4, 0.5) is 10.5 Å². The van der Waals surface area contributed by atoms with E-state index in [2.05, 4.69) is 27.7 Å². The second kappa shape index (κ2) is 8.71. The van der Waals surface area contributed by atoms with Gasteiger partial charge in [0.2, 0.25) is 5.91 Å². The van der Waals surface area contributed by atoms with Crippen molar-refractivity contribution < 1.29 is 14.3 Å². The van der Waals surface area contributed by atoms with E-state index >= 15 is 0 Å². The van der Waals surface area contributed by atoms with E-state index in [0.29, 0.717) is 19.6 Å². The van der Waals surface area contributed by atoms with E-state index in [-0.39, 0.29) is 24.6 Å². The first-order chi connectivity index (χ1) is 12.2. The highest BCUT2D eigenvalue weighted by Crippen LogP contribution is 2.15. The van der Waals surface area contributed by atoms with Gasteiger partial charge in [0.05, 0.1) is 12.6 Å². The van der Waals surface area contributed by atoms with Crippen molar-refractivity contribution in [3.05, 3.63) is 30.3 Å². The zero-order chi connectivity index (χ0) is 17.5. The number of carbonyl (C=O) groups is 2. The van der Waals surface area contributed by atoms with Crippen molar-refractivity contribution in [3.8, 4) is 0 Å². The van der Waals surface area contributed by atoms with Crippen LogP contribution in [0.1, 0.15) is 12.8 Å². The molecule has 7 heteroatoms. The lowest BCUT2D eigenvalue weighted by Gasteiger charge is -2.36. The Balaban J connectivity index is 1.34. The van der Waals surface area contributed by atoms with Gasteiger partial charge in [-0.1, -0.05) is 18.2 Å². The van der Waals surface area contributed by atoms with Gasteiger partial charge in [-0.3, -0.25) is 4.79 Å². The quantitative estimate of drug-likeness (QED) is 0.828. The summed E-state index contributed by atoms with van der Waals surface area (Å²) in [5, 5.41) is 5.50. The zero-order valence-electron chi connectivity index (χ0n) is 14.4. The number of amides is 3. The molecule has 2 fully saturated rings. The van der Waals surface area contributed by atoms with Crippen LogP contribution in [0.25, 0.3) is 0 Å². The number of anilines is 1. The molecular formula is C18H26N4O3. The summed E-state index contributed by atoms with van der Waals surface area (Å²) in [5.74, 6) is -0.174. The van der Waals surface area contributed by atoms with Crippen LogP contribution in [0.15, 0.2) is 30.3 Å². The summed E-state index contributed by atoms with van der Waals surface area (Å²) in [6, 6.07) is 10.0. The Morgan fingerprint density at radius 3 is 2.52 bits per heavy atom. The topological polar surface area (TPSA) is 73.9 Å². The molecule has 0 aliphatic carbocycles. The first-order valence-corrected chi connectivity index (χ1v) is 8.93. The van der Waals surface area contributed by atoms with Gasteiger partial charge < -0.3 is 25.2 Å². The van der Waals surface area contributed by atoms with Crippen molar-refractivity contribution in [1.29, 1.82) is 0 Å². The lowest BCUT2D eigenvalue weighted by atomic mass is 10.2. The molecule has 1 aromatic rings. The maximum Gasteiger partial charge on any atom is 0.317 e. The van der Waals surface area contributed by atoms with Crippen LogP contribution in [0.5, 0.6) is 0 Å². The predicted molar refractivity (Wildman–Crippen MR) is 95.6 cm³/mol. The summed E-state index contributed by atoms with van der Waals surface area (Å²) in [5.41, 5.74) is 1.18. The highest BCUT2D eigenvalue weighted by Gasteiger charge is 2.22. The molecule has 7 nitrogen and oxygen atoms in total. The molecule has 0 radical (unpaired) electrons. The number of ether oxygens (including phenoxy) is 1. The summed E-state index contributed by atoms with van der Waals surface area (Å²) < 4.78 is 5.46. The number of hydrogen-bond donors (Lipinski definition) is 2. The first kappa shape index (κ1) is 17.5. The van der Waals surface area contributed by atoms with Gasteiger partial charge >= 0.3 is 6.03 Å². The van der Waals surface area contributed by atoms with Gasteiger partial charge in [0, 0.05) is 45.0 Å². The molecule has 2 N–H and O–H groups in total. The lowest BCUT2D eigenvalue weighted by Crippen LogP contribution is -2.53. The van der Waals surface area contributed by atoms with Crippen molar-refractivity contribution in [1.82, 2.24) is 15.5 Å². The minimum atomic E-state index is -0.181. The second-order valence-electron chi connectivity index (χ2n) is 6.41. The average Bonchev–Trinajstić information content (AvgIpc) is 3.19. The smallest absolute Gasteiger partial charge is 0.317 e. The maximum atomic E-state index is 12.2. The minimum absolute atomic E-state index is 0.00442. The predicted octanol–water partition coefficient (Wildman–Crippen LogP) is 0.813. The highest BCUT2D eigenvalue weighted by atomic mass is 16.5. The Hall–Kier alpha value is -2.28. The molecule has 0 spiro atoms. The molecule has 0 saturated carbocycles. The summed E-state index contributed by atoms with van der Waals surface area (Å²) in [4.78, 5) is 28.0. The highest BCUT2D eigenvalue weighted by molar-refractivity contribution is 5.84. The van der Waals surface area contributed by atoms with Crippen molar-refractivity contribution >= 4 is 17.6 Å². The van der Waals surface area contributed by atoms with E-state index in [4.69, 9.17) is 4.74 Å². The molecule has 2 heterocycles. The Bertz CT molecular complexity index is 567. The van der Waals surface area contributed by atoms with Gasteiger partial charge in [-0.2, -0.15) is 0 Å². The standard InChI is InChI=1S/C18H26N4O3/c23-17(19-13-16-7-4-12-25-16)14-20-18(24)22-10-8-21(9-11-22)15-5-2-1-3-6-15/h1-3,5-6,16H,4,7-14H2,(H,19,23)(H,20,24)/t16-/m0/s1. The molecule has 0 bridgehead atoms. The molecule has 0 aromatic heterocycles. The molecule has 1 atom stereocenters. The first-order valence-electron chi connectivity index (χ1n) is 8.93. The third-order valence-corrected chi connectivity index (χ3v) is 4.64. The molecular weight excluding hydrogens is 320 g/mol.